The van der Waals surface area contributed by atoms with Crippen molar-refractivity contribution in [3.8, 4) is 0 Å². The highest BCUT2D eigenvalue weighted by Gasteiger charge is 2.19. The normalized spacial score (nSPS) is 18.6. The Hall–Kier alpha value is -1.13. The van der Waals surface area contributed by atoms with Crippen LogP contribution in [0.25, 0.3) is 0 Å². The van der Waals surface area contributed by atoms with Crippen molar-refractivity contribution in [1.29, 1.82) is 0 Å². The van der Waals surface area contributed by atoms with Crippen molar-refractivity contribution < 1.29 is 9.84 Å². The van der Waals surface area contributed by atoms with Gasteiger partial charge in [-0.1, -0.05) is 6.92 Å². The van der Waals surface area contributed by atoms with Crippen LogP contribution in [0, 0.1) is 0 Å². The van der Waals surface area contributed by atoms with E-state index in [1.165, 1.54) is 0 Å². The number of hydrogen-bond acceptors (Lipinski definition) is 4. The van der Waals surface area contributed by atoms with E-state index >= 15 is 0 Å². The lowest BCUT2D eigenvalue weighted by molar-refractivity contribution is 0.0855. The van der Waals surface area contributed by atoms with Crippen LogP contribution >= 0.6 is 0 Å². The third-order valence-electron chi connectivity index (χ3n) is 3.64. The lowest BCUT2D eigenvalue weighted by Gasteiger charge is -2.32. The number of aliphatic hydroxyl groups excluding tert-OH is 1. The highest BCUT2D eigenvalue weighted by molar-refractivity contribution is 5.45. The summed E-state index contributed by atoms with van der Waals surface area (Å²) in [6, 6.07) is 4.48. The van der Waals surface area contributed by atoms with Crippen LogP contribution in [0.2, 0.25) is 0 Å². The van der Waals surface area contributed by atoms with Crippen molar-refractivity contribution in [2.24, 2.45) is 0 Å². The van der Waals surface area contributed by atoms with Crippen molar-refractivity contribution in [2.45, 2.75) is 38.3 Å². The van der Waals surface area contributed by atoms with Gasteiger partial charge in [0.1, 0.15) is 0 Å². The predicted molar refractivity (Wildman–Crippen MR) is 71.7 cm³/mol. The van der Waals surface area contributed by atoms with Crippen LogP contribution in [0.5, 0.6) is 0 Å². The van der Waals surface area contributed by atoms with Gasteiger partial charge in [-0.3, -0.25) is 4.98 Å². The summed E-state index contributed by atoms with van der Waals surface area (Å²) >= 11 is 0. The van der Waals surface area contributed by atoms with Crippen LogP contribution in [-0.4, -0.2) is 36.4 Å². The topological polar surface area (TPSA) is 45.6 Å². The molecule has 1 aliphatic rings. The minimum absolute atomic E-state index is 0.451. The van der Waals surface area contributed by atoms with Gasteiger partial charge < -0.3 is 14.7 Å². The van der Waals surface area contributed by atoms with E-state index in [2.05, 4.69) is 16.9 Å². The Morgan fingerprint density at radius 1 is 1.44 bits per heavy atom. The standard InChI is InChI=1S/C14H22N2O2/c1-3-14(17)13-5-4-12(10-15-13)16(2)11-6-8-18-9-7-11/h4-5,10-11,14,17H,3,6-9H2,1-2H3. The van der Waals surface area contributed by atoms with Crippen molar-refractivity contribution in [2.75, 3.05) is 25.2 Å². The number of hydrogen-bond donors (Lipinski definition) is 1. The van der Waals surface area contributed by atoms with E-state index in [1.54, 1.807) is 0 Å². The second kappa shape index (κ2) is 6.16. The van der Waals surface area contributed by atoms with E-state index in [1.807, 2.05) is 25.3 Å². The Morgan fingerprint density at radius 3 is 2.72 bits per heavy atom. The van der Waals surface area contributed by atoms with Crippen LogP contribution in [0.15, 0.2) is 18.3 Å². The van der Waals surface area contributed by atoms with E-state index in [-0.39, 0.29) is 0 Å². The molecule has 1 unspecified atom stereocenters. The van der Waals surface area contributed by atoms with Gasteiger partial charge in [0, 0.05) is 26.3 Å². The van der Waals surface area contributed by atoms with Gasteiger partial charge in [-0.15, -0.1) is 0 Å². The Balaban J connectivity index is 2.03. The number of anilines is 1. The van der Waals surface area contributed by atoms with Gasteiger partial charge >= 0.3 is 0 Å². The third-order valence-corrected chi connectivity index (χ3v) is 3.64. The molecule has 0 spiro atoms. The molecule has 1 aromatic rings. The van der Waals surface area contributed by atoms with Gasteiger partial charge in [-0.05, 0) is 31.4 Å². The lowest BCUT2D eigenvalue weighted by atomic mass is 10.1. The molecule has 1 aliphatic heterocycles. The SMILES string of the molecule is CCC(O)c1ccc(N(C)C2CCOCC2)cn1. The Labute approximate surface area is 109 Å². The third kappa shape index (κ3) is 3.00. The summed E-state index contributed by atoms with van der Waals surface area (Å²) in [4.78, 5) is 6.60. The van der Waals surface area contributed by atoms with Gasteiger partial charge in [-0.2, -0.15) is 0 Å². The maximum absolute atomic E-state index is 9.71. The Bertz CT molecular complexity index is 361. The number of nitrogens with zero attached hydrogens (tertiary/aromatic N) is 2. The van der Waals surface area contributed by atoms with Crippen LogP contribution in [-0.2, 0) is 4.74 Å². The molecule has 0 radical (unpaired) electrons. The Morgan fingerprint density at radius 2 is 2.17 bits per heavy atom. The molecule has 0 amide bonds. The average molecular weight is 250 g/mol. The quantitative estimate of drug-likeness (QED) is 0.889. The summed E-state index contributed by atoms with van der Waals surface area (Å²) in [6.45, 7) is 3.64. The fourth-order valence-electron chi connectivity index (χ4n) is 2.30. The molecule has 18 heavy (non-hydrogen) atoms. The summed E-state index contributed by atoms with van der Waals surface area (Å²) < 4.78 is 5.38. The van der Waals surface area contributed by atoms with Gasteiger partial charge in [-0.25, -0.2) is 0 Å². The summed E-state index contributed by atoms with van der Waals surface area (Å²) in [6.07, 6.45) is 4.23. The molecule has 0 aliphatic carbocycles. The molecule has 1 N–H and O–H groups in total. The minimum Gasteiger partial charge on any atom is -0.387 e. The van der Waals surface area contributed by atoms with Crippen molar-refractivity contribution in [3.05, 3.63) is 24.0 Å². The fourth-order valence-corrected chi connectivity index (χ4v) is 2.30. The largest absolute Gasteiger partial charge is 0.387 e. The molecule has 2 heterocycles. The first-order valence-corrected chi connectivity index (χ1v) is 6.67. The molecule has 1 fully saturated rings. The van der Waals surface area contributed by atoms with Crippen LogP contribution in [0.4, 0.5) is 5.69 Å². The maximum atomic E-state index is 9.71. The van der Waals surface area contributed by atoms with Crippen molar-refractivity contribution in [3.63, 3.8) is 0 Å². The first-order valence-electron chi connectivity index (χ1n) is 6.67. The van der Waals surface area contributed by atoms with Gasteiger partial charge in [0.05, 0.1) is 23.7 Å². The van der Waals surface area contributed by atoms with E-state index < -0.39 is 6.10 Å². The average Bonchev–Trinajstić information content (AvgIpc) is 2.47. The molecular formula is C14H22N2O2. The molecule has 4 nitrogen and oxygen atoms in total. The van der Waals surface area contributed by atoms with Crippen molar-refractivity contribution >= 4 is 5.69 Å². The second-order valence-electron chi connectivity index (χ2n) is 4.82. The predicted octanol–water partition coefficient (Wildman–Crippen LogP) is 2.14. The first kappa shape index (κ1) is 13.3. The smallest absolute Gasteiger partial charge is 0.0957 e. The number of aliphatic hydroxyl groups is 1. The zero-order valence-corrected chi connectivity index (χ0v) is 11.2. The van der Waals surface area contributed by atoms with Crippen molar-refractivity contribution in [1.82, 2.24) is 4.98 Å². The van der Waals surface area contributed by atoms with E-state index in [0.717, 1.165) is 37.4 Å². The van der Waals surface area contributed by atoms with Crippen LogP contribution in [0.3, 0.4) is 0 Å². The van der Waals surface area contributed by atoms with E-state index in [0.29, 0.717) is 12.5 Å². The molecular weight excluding hydrogens is 228 g/mol. The van der Waals surface area contributed by atoms with Crippen LogP contribution in [0.1, 0.15) is 38.0 Å². The summed E-state index contributed by atoms with van der Waals surface area (Å²) in [5.74, 6) is 0. The summed E-state index contributed by atoms with van der Waals surface area (Å²) in [5, 5.41) is 9.71. The number of ether oxygens (including phenoxy) is 1. The molecule has 100 valence electrons. The minimum atomic E-state index is -0.451. The molecule has 1 aromatic heterocycles. The highest BCUT2D eigenvalue weighted by Crippen LogP contribution is 2.22. The molecule has 2 rings (SSSR count). The summed E-state index contributed by atoms with van der Waals surface area (Å²) in [5.41, 5.74) is 1.86. The first-order chi connectivity index (χ1) is 8.72. The van der Waals surface area contributed by atoms with E-state index in [9.17, 15) is 5.11 Å². The van der Waals surface area contributed by atoms with Crippen LogP contribution < -0.4 is 4.90 Å². The second-order valence-corrected chi connectivity index (χ2v) is 4.82. The molecule has 1 saturated heterocycles. The fraction of sp³-hybridized carbons (Fsp3) is 0.643. The highest BCUT2D eigenvalue weighted by atomic mass is 16.5. The molecule has 4 heteroatoms. The monoisotopic (exact) mass is 250 g/mol. The van der Waals surface area contributed by atoms with Gasteiger partial charge in [0.2, 0.25) is 0 Å². The van der Waals surface area contributed by atoms with Gasteiger partial charge in [0.15, 0.2) is 0 Å². The number of aromatic nitrogens is 1. The van der Waals surface area contributed by atoms with Gasteiger partial charge in [0.25, 0.3) is 0 Å². The zero-order valence-electron chi connectivity index (χ0n) is 11.2. The van der Waals surface area contributed by atoms with E-state index in [4.69, 9.17) is 4.74 Å². The maximum Gasteiger partial charge on any atom is 0.0957 e. The Kier molecular flexibility index (Phi) is 4.55. The molecule has 0 aromatic carbocycles. The number of rotatable bonds is 4. The summed E-state index contributed by atoms with van der Waals surface area (Å²) in [7, 11) is 2.10. The molecule has 1 atom stereocenters. The lowest BCUT2D eigenvalue weighted by Crippen LogP contribution is -2.36. The molecule has 0 bridgehead atoms. The molecule has 0 saturated carbocycles. The zero-order chi connectivity index (χ0) is 13.0. The number of pyridine rings is 1.